The summed E-state index contributed by atoms with van der Waals surface area (Å²) in [4.78, 5) is 10.4. The molecule has 0 aromatic heterocycles. The van der Waals surface area contributed by atoms with Gasteiger partial charge in [-0.2, -0.15) is 0 Å². The molecule has 0 atom stereocenters. The minimum absolute atomic E-state index is 0.00133. The highest BCUT2D eigenvalue weighted by Crippen LogP contribution is 2.28. The molecule has 0 saturated heterocycles. The second-order valence-electron chi connectivity index (χ2n) is 2.33. The number of benzene rings is 1. The molecule has 0 aliphatic heterocycles. The second kappa shape index (κ2) is 3.42. The Balaban J connectivity index is 3.51. The monoisotopic (exact) mass is 206 g/mol. The van der Waals surface area contributed by atoms with Crippen LogP contribution in [0.3, 0.4) is 0 Å². The molecule has 0 aliphatic carbocycles. The lowest BCUT2D eigenvalue weighted by Gasteiger charge is -2.03. The first-order valence-electron chi connectivity index (χ1n) is 3.17. The third-order valence-corrected chi connectivity index (χ3v) is 2.18. The molecule has 4 heteroatoms. The van der Waals surface area contributed by atoms with Gasteiger partial charge in [0.1, 0.15) is 5.82 Å². The lowest BCUT2D eigenvalue weighted by Crippen LogP contribution is -1.91. The van der Waals surface area contributed by atoms with Gasteiger partial charge in [0.15, 0.2) is 6.29 Å². The number of halogens is 3. The third kappa shape index (κ3) is 1.45. The highest BCUT2D eigenvalue weighted by atomic mass is 35.5. The van der Waals surface area contributed by atoms with Crippen LogP contribution >= 0.6 is 23.2 Å². The summed E-state index contributed by atoms with van der Waals surface area (Å²) in [6.07, 6.45) is 0.438. The molecule has 64 valence electrons. The number of hydrogen-bond acceptors (Lipinski definition) is 1. The lowest BCUT2D eigenvalue weighted by atomic mass is 10.1. The van der Waals surface area contributed by atoms with Crippen molar-refractivity contribution in [2.45, 2.75) is 6.92 Å². The average molecular weight is 207 g/mol. The zero-order chi connectivity index (χ0) is 9.30. The molecule has 0 amide bonds. The largest absolute Gasteiger partial charge is 0.298 e. The quantitative estimate of drug-likeness (QED) is 0.510. The van der Waals surface area contributed by atoms with Gasteiger partial charge in [0.05, 0.1) is 15.6 Å². The van der Waals surface area contributed by atoms with E-state index in [0.717, 1.165) is 0 Å². The molecule has 0 fully saturated rings. The van der Waals surface area contributed by atoms with Crippen LogP contribution in [0.25, 0.3) is 0 Å². The van der Waals surface area contributed by atoms with Crippen LogP contribution in [-0.4, -0.2) is 6.29 Å². The Kier molecular flexibility index (Phi) is 2.70. The molecule has 0 spiro atoms. The molecule has 0 bridgehead atoms. The van der Waals surface area contributed by atoms with E-state index in [0.29, 0.717) is 11.8 Å². The van der Waals surface area contributed by atoms with Crippen molar-refractivity contribution in [1.82, 2.24) is 0 Å². The van der Waals surface area contributed by atoms with Gasteiger partial charge in [-0.1, -0.05) is 23.2 Å². The molecule has 1 rings (SSSR count). The van der Waals surface area contributed by atoms with Crippen LogP contribution in [0.2, 0.25) is 10.0 Å². The van der Waals surface area contributed by atoms with Gasteiger partial charge in [-0.25, -0.2) is 4.39 Å². The van der Waals surface area contributed by atoms with Gasteiger partial charge < -0.3 is 0 Å². The maximum Gasteiger partial charge on any atom is 0.153 e. The maximum atomic E-state index is 13.0. The minimum Gasteiger partial charge on any atom is -0.298 e. The molecule has 0 aliphatic rings. The van der Waals surface area contributed by atoms with Gasteiger partial charge in [-0.3, -0.25) is 4.79 Å². The van der Waals surface area contributed by atoms with Crippen LogP contribution in [-0.2, 0) is 0 Å². The fourth-order valence-electron chi connectivity index (χ4n) is 0.835. The smallest absolute Gasteiger partial charge is 0.153 e. The second-order valence-corrected chi connectivity index (χ2v) is 3.12. The Labute approximate surface area is 79.1 Å². The zero-order valence-electron chi connectivity index (χ0n) is 6.20. The van der Waals surface area contributed by atoms with Gasteiger partial charge in [-0.05, 0) is 18.6 Å². The summed E-state index contributed by atoms with van der Waals surface area (Å²) < 4.78 is 13.0. The third-order valence-electron chi connectivity index (χ3n) is 1.49. The average Bonchev–Trinajstić information content (AvgIpc) is 2.01. The highest BCUT2D eigenvalue weighted by Gasteiger charge is 2.12. The van der Waals surface area contributed by atoms with E-state index in [2.05, 4.69) is 0 Å². The first kappa shape index (κ1) is 9.49. The molecule has 1 nitrogen and oxygen atoms in total. The molecule has 12 heavy (non-hydrogen) atoms. The number of carbonyl (C=O) groups is 1. The Morgan fingerprint density at radius 3 is 2.58 bits per heavy atom. The summed E-state index contributed by atoms with van der Waals surface area (Å²) in [6, 6.07) is 1.37. The van der Waals surface area contributed by atoms with Crippen LogP contribution in [0.1, 0.15) is 15.9 Å². The van der Waals surface area contributed by atoms with Crippen molar-refractivity contribution in [1.29, 1.82) is 0 Å². The Bertz CT molecular complexity index is 336. The van der Waals surface area contributed by atoms with Gasteiger partial charge in [0.2, 0.25) is 0 Å². The number of hydrogen-bond donors (Lipinski definition) is 0. The molecule has 0 heterocycles. The highest BCUT2D eigenvalue weighted by molar-refractivity contribution is 6.38. The predicted octanol–water partition coefficient (Wildman–Crippen LogP) is 3.25. The molecule has 0 N–H and O–H groups in total. The summed E-state index contributed by atoms with van der Waals surface area (Å²) in [5, 5.41) is -0.0381. The van der Waals surface area contributed by atoms with E-state index in [9.17, 15) is 9.18 Å². The standard InChI is InChI=1S/C8H5Cl2FO/c1-4-2-6(9)5(3-12)7(10)8(4)11/h2-3H,1H3. The molecule has 0 saturated carbocycles. The van der Waals surface area contributed by atoms with Crippen LogP contribution in [0.15, 0.2) is 6.07 Å². The van der Waals surface area contributed by atoms with Crippen molar-refractivity contribution < 1.29 is 9.18 Å². The summed E-state index contributed by atoms with van der Waals surface area (Å²) in [7, 11) is 0. The van der Waals surface area contributed by atoms with Crippen molar-refractivity contribution in [3.05, 3.63) is 33.1 Å². The first-order chi connectivity index (χ1) is 5.57. The van der Waals surface area contributed by atoms with Crippen LogP contribution in [0.5, 0.6) is 0 Å². The molecule has 0 unspecified atom stereocenters. The van der Waals surface area contributed by atoms with Crippen molar-refractivity contribution in [2.75, 3.05) is 0 Å². The van der Waals surface area contributed by atoms with Gasteiger partial charge in [0.25, 0.3) is 0 Å². The van der Waals surface area contributed by atoms with E-state index in [1.54, 1.807) is 0 Å². The van der Waals surface area contributed by atoms with Crippen LogP contribution in [0.4, 0.5) is 4.39 Å². The van der Waals surface area contributed by atoms with Crippen molar-refractivity contribution >= 4 is 29.5 Å². The first-order valence-corrected chi connectivity index (χ1v) is 3.92. The minimum atomic E-state index is -0.594. The van der Waals surface area contributed by atoms with Gasteiger partial charge in [-0.15, -0.1) is 0 Å². The number of rotatable bonds is 1. The molecule has 0 radical (unpaired) electrons. The molecule has 1 aromatic carbocycles. The molecule has 1 aromatic rings. The number of aryl methyl sites for hydroxylation is 1. The van der Waals surface area contributed by atoms with E-state index >= 15 is 0 Å². The van der Waals surface area contributed by atoms with E-state index in [-0.39, 0.29) is 15.6 Å². The van der Waals surface area contributed by atoms with E-state index in [1.165, 1.54) is 13.0 Å². The molecular formula is C8H5Cl2FO. The topological polar surface area (TPSA) is 17.1 Å². The van der Waals surface area contributed by atoms with Crippen LogP contribution < -0.4 is 0 Å². The Hall–Kier alpha value is -0.600. The zero-order valence-corrected chi connectivity index (χ0v) is 7.71. The maximum absolute atomic E-state index is 13.0. The van der Waals surface area contributed by atoms with Crippen LogP contribution in [0, 0.1) is 12.7 Å². The van der Waals surface area contributed by atoms with Gasteiger partial charge in [0, 0.05) is 0 Å². The number of carbonyl (C=O) groups excluding carboxylic acids is 1. The Morgan fingerprint density at radius 2 is 2.08 bits per heavy atom. The van der Waals surface area contributed by atoms with Crippen molar-refractivity contribution in [3.63, 3.8) is 0 Å². The summed E-state index contributed by atoms with van der Waals surface area (Å²) in [5.74, 6) is -0.594. The number of aldehydes is 1. The van der Waals surface area contributed by atoms with Crippen molar-refractivity contribution in [2.24, 2.45) is 0 Å². The van der Waals surface area contributed by atoms with E-state index in [4.69, 9.17) is 23.2 Å². The molecular weight excluding hydrogens is 202 g/mol. The fraction of sp³-hybridized carbons (Fsp3) is 0.125. The summed E-state index contributed by atoms with van der Waals surface area (Å²) in [5.41, 5.74) is 0.331. The fourth-order valence-corrected chi connectivity index (χ4v) is 1.48. The Morgan fingerprint density at radius 1 is 1.50 bits per heavy atom. The van der Waals surface area contributed by atoms with E-state index in [1.807, 2.05) is 0 Å². The predicted molar refractivity (Wildman–Crippen MR) is 46.5 cm³/mol. The van der Waals surface area contributed by atoms with E-state index < -0.39 is 5.82 Å². The lowest BCUT2D eigenvalue weighted by molar-refractivity contribution is 0.112. The summed E-state index contributed by atoms with van der Waals surface area (Å²) >= 11 is 11.1. The van der Waals surface area contributed by atoms with Gasteiger partial charge >= 0.3 is 0 Å². The normalized spacial score (nSPS) is 10.0. The van der Waals surface area contributed by atoms with Crippen molar-refractivity contribution in [3.8, 4) is 0 Å². The summed E-state index contributed by atoms with van der Waals surface area (Å²) in [6.45, 7) is 1.53. The SMILES string of the molecule is Cc1cc(Cl)c(C=O)c(Cl)c1F.